The molecule has 5 nitrogen and oxygen atoms in total. The Bertz CT molecular complexity index is 1230. The van der Waals surface area contributed by atoms with Gasteiger partial charge in [0.1, 0.15) is 0 Å². The molecule has 3 aromatic rings. The lowest BCUT2D eigenvalue weighted by molar-refractivity contribution is -0.137. The summed E-state index contributed by atoms with van der Waals surface area (Å²) in [5.41, 5.74) is 0.706. The molecule has 1 amide bonds. The van der Waals surface area contributed by atoms with Crippen LogP contribution in [0.5, 0.6) is 0 Å². The van der Waals surface area contributed by atoms with E-state index in [1.165, 1.54) is 6.92 Å². The third-order valence-electron chi connectivity index (χ3n) is 5.07. The van der Waals surface area contributed by atoms with Gasteiger partial charge in [0.2, 0.25) is 15.9 Å². The summed E-state index contributed by atoms with van der Waals surface area (Å²) in [6, 6.07) is 18.5. The quantitative estimate of drug-likeness (QED) is 0.482. The number of carbonyl (C=O) groups is 1. The molecular formula is C24H23F3N2O3S. The Morgan fingerprint density at radius 1 is 0.970 bits per heavy atom. The number of hydrogen-bond acceptors (Lipinski definition) is 3. The molecule has 0 aliphatic heterocycles. The summed E-state index contributed by atoms with van der Waals surface area (Å²) in [6.45, 7) is 2.96. The Morgan fingerprint density at radius 3 is 2.27 bits per heavy atom. The largest absolute Gasteiger partial charge is 0.416 e. The molecule has 3 aromatic carbocycles. The maximum absolute atomic E-state index is 13.6. The Labute approximate surface area is 190 Å². The molecule has 0 radical (unpaired) electrons. The standard InChI is InChI=1S/C24H23F3N2O3S/c1-17(20-10-6-12-22(14-20)28-18(2)30)29(16-19-8-4-3-5-9-19)33(31,32)23-13-7-11-21(15-23)24(25,26)27/h3-15,17H,16H2,1-2H3,(H,28,30). The minimum atomic E-state index is -4.67. The first-order chi connectivity index (χ1) is 15.5. The second-order valence-electron chi connectivity index (χ2n) is 7.54. The number of sulfonamides is 1. The van der Waals surface area contributed by atoms with Crippen LogP contribution in [0, 0.1) is 0 Å². The Balaban J connectivity index is 2.07. The van der Waals surface area contributed by atoms with Crippen molar-refractivity contribution in [3.63, 3.8) is 0 Å². The lowest BCUT2D eigenvalue weighted by Gasteiger charge is -2.29. The predicted molar refractivity (Wildman–Crippen MR) is 120 cm³/mol. The van der Waals surface area contributed by atoms with E-state index in [2.05, 4.69) is 5.32 Å². The van der Waals surface area contributed by atoms with Crippen molar-refractivity contribution in [3.05, 3.63) is 95.6 Å². The minimum absolute atomic E-state index is 0.0506. The van der Waals surface area contributed by atoms with E-state index in [4.69, 9.17) is 0 Å². The highest BCUT2D eigenvalue weighted by molar-refractivity contribution is 7.89. The number of nitrogens with one attached hydrogen (secondary N) is 1. The number of rotatable bonds is 7. The summed E-state index contributed by atoms with van der Waals surface area (Å²) >= 11 is 0. The van der Waals surface area contributed by atoms with Crippen LogP contribution in [0.15, 0.2) is 83.8 Å². The number of alkyl halides is 3. The van der Waals surface area contributed by atoms with E-state index in [-0.39, 0.29) is 12.5 Å². The van der Waals surface area contributed by atoms with Crippen LogP contribution in [0.4, 0.5) is 18.9 Å². The van der Waals surface area contributed by atoms with Gasteiger partial charge in [-0.3, -0.25) is 4.79 Å². The summed E-state index contributed by atoms with van der Waals surface area (Å²) in [5.74, 6) is -0.280. The van der Waals surface area contributed by atoms with E-state index in [1.54, 1.807) is 61.5 Å². The number of carbonyl (C=O) groups excluding carboxylic acids is 1. The van der Waals surface area contributed by atoms with Gasteiger partial charge >= 0.3 is 6.18 Å². The molecule has 3 rings (SSSR count). The molecule has 33 heavy (non-hydrogen) atoms. The van der Waals surface area contributed by atoms with Gasteiger partial charge in [-0.25, -0.2) is 8.42 Å². The third kappa shape index (κ3) is 6.00. The average Bonchev–Trinajstić information content (AvgIpc) is 2.77. The number of hydrogen-bond donors (Lipinski definition) is 1. The molecule has 0 aliphatic rings. The van der Waals surface area contributed by atoms with Crippen LogP contribution in [-0.2, 0) is 27.5 Å². The zero-order valence-corrected chi connectivity index (χ0v) is 18.8. The third-order valence-corrected chi connectivity index (χ3v) is 6.98. The predicted octanol–water partition coefficient (Wildman–Crippen LogP) is 5.62. The van der Waals surface area contributed by atoms with Crippen molar-refractivity contribution in [3.8, 4) is 0 Å². The van der Waals surface area contributed by atoms with Crippen molar-refractivity contribution in [1.82, 2.24) is 4.31 Å². The van der Waals surface area contributed by atoms with E-state index < -0.39 is 32.7 Å². The monoisotopic (exact) mass is 476 g/mol. The summed E-state index contributed by atoms with van der Waals surface area (Å²) in [7, 11) is -4.32. The van der Waals surface area contributed by atoms with Gasteiger partial charge in [-0.15, -0.1) is 0 Å². The van der Waals surface area contributed by atoms with Gasteiger partial charge in [-0.1, -0.05) is 48.5 Å². The summed E-state index contributed by atoms with van der Waals surface area (Å²) in [4.78, 5) is 11.0. The van der Waals surface area contributed by atoms with Crippen molar-refractivity contribution >= 4 is 21.6 Å². The topological polar surface area (TPSA) is 66.5 Å². The summed E-state index contributed by atoms with van der Waals surface area (Å²) < 4.78 is 68.0. The second kappa shape index (κ2) is 9.76. The average molecular weight is 477 g/mol. The highest BCUT2D eigenvalue weighted by atomic mass is 32.2. The number of amides is 1. The number of benzene rings is 3. The molecule has 1 unspecified atom stereocenters. The zero-order chi connectivity index (χ0) is 24.2. The Kier molecular flexibility index (Phi) is 7.24. The normalized spacial score (nSPS) is 13.0. The van der Waals surface area contributed by atoms with Crippen LogP contribution in [0.3, 0.4) is 0 Å². The summed E-state index contributed by atoms with van der Waals surface area (Å²) in [5, 5.41) is 2.65. The second-order valence-corrected chi connectivity index (χ2v) is 9.43. The zero-order valence-electron chi connectivity index (χ0n) is 18.0. The molecule has 174 valence electrons. The minimum Gasteiger partial charge on any atom is -0.326 e. The number of anilines is 1. The molecule has 0 bridgehead atoms. The van der Waals surface area contributed by atoms with Gasteiger partial charge in [0, 0.05) is 25.2 Å². The molecule has 0 saturated carbocycles. The molecule has 0 saturated heterocycles. The molecule has 0 aromatic heterocycles. The van der Waals surface area contributed by atoms with Gasteiger partial charge in [0.05, 0.1) is 10.5 Å². The Morgan fingerprint density at radius 2 is 1.64 bits per heavy atom. The van der Waals surface area contributed by atoms with E-state index in [0.717, 1.165) is 22.5 Å². The van der Waals surface area contributed by atoms with E-state index >= 15 is 0 Å². The molecule has 9 heteroatoms. The van der Waals surface area contributed by atoms with Crippen LogP contribution in [0.2, 0.25) is 0 Å². The van der Waals surface area contributed by atoms with Crippen molar-refractivity contribution in [2.24, 2.45) is 0 Å². The molecule has 0 fully saturated rings. The first kappa shape index (κ1) is 24.5. The van der Waals surface area contributed by atoms with Crippen LogP contribution >= 0.6 is 0 Å². The van der Waals surface area contributed by atoms with Gasteiger partial charge in [-0.2, -0.15) is 17.5 Å². The van der Waals surface area contributed by atoms with Gasteiger partial charge < -0.3 is 5.32 Å². The fourth-order valence-corrected chi connectivity index (χ4v) is 5.06. The lowest BCUT2D eigenvalue weighted by atomic mass is 10.1. The highest BCUT2D eigenvalue weighted by Crippen LogP contribution is 2.34. The first-order valence-corrected chi connectivity index (χ1v) is 11.5. The van der Waals surface area contributed by atoms with Crippen LogP contribution in [0.25, 0.3) is 0 Å². The fourth-order valence-electron chi connectivity index (χ4n) is 3.41. The number of halogens is 3. The van der Waals surface area contributed by atoms with Crippen LogP contribution < -0.4 is 5.32 Å². The lowest BCUT2D eigenvalue weighted by Crippen LogP contribution is -2.33. The fraction of sp³-hybridized carbons (Fsp3) is 0.208. The van der Waals surface area contributed by atoms with Crippen molar-refractivity contribution in [1.29, 1.82) is 0 Å². The molecular weight excluding hydrogens is 453 g/mol. The van der Waals surface area contributed by atoms with Gasteiger partial charge in [0.25, 0.3) is 0 Å². The van der Waals surface area contributed by atoms with Crippen LogP contribution in [0.1, 0.15) is 36.6 Å². The molecule has 0 heterocycles. The van der Waals surface area contributed by atoms with Crippen LogP contribution in [-0.4, -0.2) is 18.6 Å². The van der Waals surface area contributed by atoms with Crippen molar-refractivity contribution in [2.45, 2.75) is 37.5 Å². The molecule has 1 atom stereocenters. The maximum Gasteiger partial charge on any atom is 0.416 e. The van der Waals surface area contributed by atoms with Crippen molar-refractivity contribution in [2.75, 3.05) is 5.32 Å². The Hall–Kier alpha value is -3.17. The first-order valence-electron chi connectivity index (χ1n) is 10.1. The molecule has 0 aliphatic carbocycles. The van der Waals surface area contributed by atoms with E-state index in [9.17, 15) is 26.4 Å². The SMILES string of the molecule is CC(=O)Nc1cccc(C(C)N(Cc2ccccc2)S(=O)(=O)c2cccc(C(F)(F)F)c2)c1. The van der Waals surface area contributed by atoms with E-state index in [0.29, 0.717) is 22.9 Å². The van der Waals surface area contributed by atoms with Gasteiger partial charge in [-0.05, 0) is 48.4 Å². The summed E-state index contributed by atoms with van der Waals surface area (Å²) in [6.07, 6.45) is -4.67. The molecule has 0 spiro atoms. The number of nitrogens with zero attached hydrogens (tertiary/aromatic N) is 1. The maximum atomic E-state index is 13.6. The van der Waals surface area contributed by atoms with Crippen molar-refractivity contribution < 1.29 is 26.4 Å². The van der Waals surface area contributed by atoms with E-state index in [1.807, 2.05) is 0 Å². The molecule has 1 N–H and O–H groups in total. The smallest absolute Gasteiger partial charge is 0.326 e. The van der Waals surface area contributed by atoms with Gasteiger partial charge in [0.15, 0.2) is 0 Å². The highest BCUT2D eigenvalue weighted by Gasteiger charge is 2.34.